The Morgan fingerprint density at radius 1 is 1.47 bits per heavy atom. The molecule has 17 heavy (non-hydrogen) atoms. The molecule has 1 aromatic rings. The minimum Gasteiger partial charge on any atom is -0.383 e. The number of pyridine rings is 1. The molecule has 1 aromatic heterocycles. The Balaban J connectivity index is 1.95. The van der Waals surface area contributed by atoms with Crippen molar-refractivity contribution < 1.29 is 4.74 Å². The van der Waals surface area contributed by atoms with Gasteiger partial charge in [-0.05, 0) is 6.07 Å². The lowest BCUT2D eigenvalue weighted by Gasteiger charge is -2.29. The van der Waals surface area contributed by atoms with Crippen molar-refractivity contribution in [1.82, 2.24) is 10.3 Å². The van der Waals surface area contributed by atoms with Gasteiger partial charge in [0, 0.05) is 57.8 Å². The highest BCUT2D eigenvalue weighted by Gasteiger charge is 2.10. The lowest BCUT2D eigenvalue weighted by Crippen LogP contribution is -2.43. The minimum absolute atomic E-state index is 0.694. The van der Waals surface area contributed by atoms with E-state index in [4.69, 9.17) is 4.74 Å². The van der Waals surface area contributed by atoms with Gasteiger partial charge in [-0.1, -0.05) is 0 Å². The summed E-state index contributed by atoms with van der Waals surface area (Å²) >= 11 is 0. The fourth-order valence-electron chi connectivity index (χ4n) is 1.92. The number of anilines is 2. The van der Waals surface area contributed by atoms with Gasteiger partial charge in [-0.2, -0.15) is 0 Å². The molecule has 0 spiro atoms. The third-order valence-corrected chi connectivity index (χ3v) is 2.84. The molecule has 5 heteroatoms. The van der Waals surface area contributed by atoms with Crippen molar-refractivity contribution in [2.75, 3.05) is 56.7 Å². The molecule has 94 valence electrons. The van der Waals surface area contributed by atoms with Crippen LogP contribution in [0.2, 0.25) is 0 Å². The number of aromatic nitrogens is 1. The van der Waals surface area contributed by atoms with Gasteiger partial charge in [0.2, 0.25) is 0 Å². The Morgan fingerprint density at radius 3 is 3.06 bits per heavy atom. The Kier molecular flexibility index (Phi) is 4.58. The second-order valence-corrected chi connectivity index (χ2v) is 4.06. The zero-order chi connectivity index (χ0) is 11.9. The lowest BCUT2D eigenvalue weighted by atomic mass is 10.3. The summed E-state index contributed by atoms with van der Waals surface area (Å²) in [7, 11) is 1.70. The molecule has 0 radical (unpaired) electrons. The van der Waals surface area contributed by atoms with Crippen LogP contribution in [0.15, 0.2) is 18.3 Å². The highest BCUT2D eigenvalue weighted by atomic mass is 16.5. The third kappa shape index (κ3) is 3.57. The van der Waals surface area contributed by atoms with E-state index in [0.717, 1.165) is 38.5 Å². The summed E-state index contributed by atoms with van der Waals surface area (Å²) < 4.78 is 5.00. The molecule has 0 atom stereocenters. The normalized spacial score (nSPS) is 15.9. The van der Waals surface area contributed by atoms with Crippen molar-refractivity contribution in [3.8, 4) is 0 Å². The van der Waals surface area contributed by atoms with Crippen LogP contribution in [0.3, 0.4) is 0 Å². The fourth-order valence-corrected chi connectivity index (χ4v) is 1.92. The van der Waals surface area contributed by atoms with Gasteiger partial charge in [-0.25, -0.2) is 4.98 Å². The number of rotatable bonds is 5. The average Bonchev–Trinajstić information content (AvgIpc) is 2.41. The number of piperazine rings is 1. The second kappa shape index (κ2) is 6.42. The van der Waals surface area contributed by atoms with Crippen LogP contribution in [0.4, 0.5) is 11.5 Å². The maximum absolute atomic E-state index is 5.00. The Hall–Kier alpha value is -1.33. The topological polar surface area (TPSA) is 49.4 Å². The molecule has 0 aromatic carbocycles. The van der Waals surface area contributed by atoms with Gasteiger partial charge in [-0.15, -0.1) is 0 Å². The van der Waals surface area contributed by atoms with Crippen LogP contribution in [0.25, 0.3) is 0 Å². The van der Waals surface area contributed by atoms with E-state index in [2.05, 4.69) is 32.7 Å². The zero-order valence-corrected chi connectivity index (χ0v) is 10.3. The quantitative estimate of drug-likeness (QED) is 0.731. The Morgan fingerprint density at radius 2 is 2.29 bits per heavy atom. The average molecular weight is 236 g/mol. The van der Waals surface area contributed by atoms with Gasteiger partial charge in [0.1, 0.15) is 5.82 Å². The number of methoxy groups -OCH3 is 1. The van der Waals surface area contributed by atoms with Gasteiger partial charge >= 0.3 is 0 Å². The molecule has 0 saturated carbocycles. The number of nitrogens with zero attached hydrogens (tertiary/aromatic N) is 2. The van der Waals surface area contributed by atoms with Crippen molar-refractivity contribution in [2.24, 2.45) is 0 Å². The summed E-state index contributed by atoms with van der Waals surface area (Å²) in [6, 6.07) is 4.16. The van der Waals surface area contributed by atoms with E-state index in [1.807, 2.05) is 6.20 Å². The number of hydrogen-bond donors (Lipinski definition) is 2. The molecule has 2 N–H and O–H groups in total. The highest BCUT2D eigenvalue weighted by Crippen LogP contribution is 2.17. The summed E-state index contributed by atoms with van der Waals surface area (Å²) in [4.78, 5) is 6.67. The minimum atomic E-state index is 0.694. The van der Waals surface area contributed by atoms with Crippen LogP contribution < -0.4 is 15.5 Å². The van der Waals surface area contributed by atoms with Crippen LogP contribution in [0.1, 0.15) is 0 Å². The first-order valence-corrected chi connectivity index (χ1v) is 6.04. The molecule has 0 amide bonds. The van der Waals surface area contributed by atoms with E-state index in [-0.39, 0.29) is 0 Å². The second-order valence-electron chi connectivity index (χ2n) is 4.06. The number of ether oxygens (including phenoxy) is 1. The van der Waals surface area contributed by atoms with E-state index in [1.165, 1.54) is 5.69 Å². The summed E-state index contributed by atoms with van der Waals surface area (Å²) in [5.74, 6) is 0.915. The van der Waals surface area contributed by atoms with Crippen molar-refractivity contribution >= 4 is 11.5 Å². The molecule has 2 rings (SSSR count). The molecule has 0 bridgehead atoms. The van der Waals surface area contributed by atoms with Crippen LogP contribution in [-0.2, 0) is 4.74 Å². The summed E-state index contributed by atoms with van der Waals surface area (Å²) in [5, 5.41) is 6.60. The maximum Gasteiger partial charge on any atom is 0.128 e. The number of hydrogen-bond acceptors (Lipinski definition) is 5. The summed E-state index contributed by atoms with van der Waals surface area (Å²) in [6.07, 6.45) is 1.85. The Labute approximate surface area is 102 Å². The largest absolute Gasteiger partial charge is 0.383 e. The molecule has 1 aliphatic rings. The lowest BCUT2D eigenvalue weighted by molar-refractivity contribution is 0.210. The molecular weight excluding hydrogens is 216 g/mol. The van der Waals surface area contributed by atoms with Gasteiger partial charge < -0.3 is 20.3 Å². The molecule has 5 nitrogen and oxygen atoms in total. The summed E-state index contributed by atoms with van der Waals surface area (Å²) in [6.45, 7) is 5.70. The van der Waals surface area contributed by atoms with E-state index in [0.29, 0.717) is 6.61 Å². The predicted octanol–water partition coefficient (Wildman–Crippen LogP) is 0.549. The van der Waals surface area contributed by atoms with Gasteiger partial charge in [-0.3, -0.25) is 0 Å². The van der Waals surface area contributed by atoms with Crippen LogP contribution in [-0.4, -0.2) is 51.4 Å². The first-order valence-electron chi connectivity index (χ1n) is 6.04. The molecule has 1 fully saturated rings. The third-order valence-electron chi connectivity index (χ3n) is 2.84. The van der Waals surface area contributed by atoms with Crippen LogP contribution in [0.5, 0.6) is 0 Å². The maximum atomic E-state index is 5.00. The fraction of sp³-hybridized carbons (Fsp3) is 0.583. The van der Waals surface area contributed by atoms with E-state index < -0.39 is 0 Å². The zero-order valence-electron chi connectivity index (χ0n) is 10.3. The standard InChI is InChI=1S/C12H20N4O/c1-17-9-6-15-12-10-11(2-3-14-12)16-7-4-13-5-8-16/h2-3,10,13H,4-9H2,1H3,(H,14,15). The molecule has 2 heterocycles. The number of nitrogens with one attached hydrogen (secondary N) is 2. The SMILES string of the molecule is COCCNc1cc(N2CCNCC2)ccn1. The van der Waals surface area contributed by atoms with Crippen molar-refractivity contribution in [2.45, 2.75) is 0 Å². The molecule has 0 unspecified atom stereocenters. The smallest absolute Gasteiger partial charge is 0.128 e. The molecule has 1 saturated heterocycles. The molecule has 0 aliphatic carbocycles. The first-order chi connectivity index (χ1) is 8.40. The van der Waals surface area contributed by atoms with Crippen molar-refractivity contribution in [3.63, 3.8) is 0 Å². The van der Waals surface area contributed by atoms with E-state index >= 15 is 0 Å². The van der Waals surface area contributed by atoms with Gasteiger partial charge in [0.15, 0.2) is 0 Å². The van der Waals surface area contributed by atoms with E-state index in [9.17, 15) is 0 Å². The predicted molar refractivity (Wildman–Crippen MR) is 69.7 cm³/mol. The van der Waals surface area contributed by atoms with Crippen LogP contribution >= 0.6 is 0 Å². The van der Waals surface area contributed by atoms with Crippen molar-refractivity contribution in [1.29, 1.82) is 0 Å². The summed E-state index contributed by atoms with van der Waals surface area (Å²) in [5.41, 5.74) is 1.24. The van der Waals surface area contributed by atoms with Crippen molar-refractivity contribution in [3.05, 3.63) is 18.3 Å². The van der Waals surface area contributed by atoms with E-state index in [1.54, 1.807) is 7.11 Å². The highest BCUT2D eigenvalue weighted by molar-refractivity contribution is 5.54. The molecular formula is C12H20N4O. The van der Waals surface area contributed by atoms with Crippen LogP contribution in [0, 0.1) is 0 Å². The Bertz CT molecular complexity index is 339. The first kappa shape index (κ1) is 12.1. The molecule has 1 aliphatic heterocycles. The van der Waals surface area contributed by atoms with Gasteiger partial charge in [0.25, 0.3) is 0 Å². The monoisotopic (exact) mass is 236 g/mol. The van der Waals surface area contributed by atoms with Gasteiger partial charge in [0.05, 0.1) is 6.61 Å².